The van der Waals surface area contributed by atoms with Crippen LogP contribution in [-0.2, 0) is 23.9 Å². The zero-order valence-electron chi connectivity index (χ0n) is 21.9. The lowest BCUT2D eigenvalue weighted by atomic mass is 9.73. The molecule has 5 aliphatic rings. The number of rotatable bonds is 6. The van der Waals surface area contributed by atoms with Gasteiger partial charge in [-0.25, -0.2) is 0 Å². The number of hydrogen-bond donors (Lipinski definition) is 2. The molecule has 38 heavy (non-hydrogen) atoms. The molecule has 9 heteroatoms. The van der Waals surface area contributed by atoms with E-state index in [2.05, 4.69) is 24.5 Å². The number of nitrogens with one attached hydrogen (secondary N) is 2. The molecular weight excluding hydrogens is 506 g/mol. The van der Waals surface area contributed by atoms with Crippen molar-refractivity contribution in [3.05, 3.63) is 41.4 Å². The number of amides is 3. The highest BCUT2D eigenvalue weighted by Gasteiger charge is 2.73. The highest BCUT2D eigenvalue weighted by Crippen LogP contribution is 2.55. The molecule has 2 N–H and O–H groups in total. The van der Waals surface area contributed by atoms with Crippen LogP contribution < -0.4 is 10.6 Å². The van der Waals surface area contributed by atoms with Crippen molar-refractivity contribution in [2.24, 2.45) is 23.7 Å². The number of fused-ring (bicyclic) bond motifs is 1. The molecule has 1 saturated carbocycles. The van der Waals surface area contributed by atoms with Crippen molar-refractivity contribution >= 4 is 35.0 Å². The van der Waals surface area contributed by atoms with E-state index in [-0.39, 0.29) is 29.9 Å². The number of carbonyl (C=O) groups is 3. The molecular formula is C29H36ClN3O5. The van der Waals surface area contributed by atoms with Crippen LogP contribution in [0.4, 0.5) is 5.69 Å². The van der Waals surface area contributed by atoms with E-state index in [1.807, 2.05) is 12.2 Å². The highest BCUT2D eigenvalue weighted by atomic mass is 35.5. The summed E-state index contributed by atoms with van der Waals surface area (Å²) in [6, 6.07) is 6.11. The first-order chi connectivity index (χ1) is 18.3. The van der Waals surface area contributed by atoms with Gasteiger partial charge in [-0.15, -0.1) is 0 Å². The van der Waals surface area contributed by atoms with Crippen LogP contribution in [-0.4, -0.2) is 65.7 Å². The highest BCUT2D eigenvalue weighted by molar-refractivity contribution is 6.30. The maximum absolute atomic E-state index is 14.1. The van der Waals surface area contributed by atoms with Crippen molar-refractivity contribution in [2.75, 3.05) is 18.5 Å². The summed E-state index contributed by atoms with van der Waals surface area (Å²) in [6.07, 6.45) is 7.91. The molecule has 1 spiro atoms. The zero-order valence-corrected chi connectivity index (χ0v) is 22.7. The number of hydrogen-bond acceptors (Lipinski definition) is 5. The van der Waals surface area contributed by atoms with Crippen LogP contribution >= 0.6 is 11.6 Å². The second-order valence-corrected chi connectivity index (χ2v) is 12.1. The van der Waals surface area contributed by atoms with E-state index in [4.69, 9.17) is 21.1 Å². The molecule has 9 atom stereocenters. The van der Waals surface area contributed by atoms with Gasteiger partial charge in [0.2, 0.25) is 17.7 Å². The van der Waals surface area contributed by atoms with Gasteiger partial charge in [0.05, 0.1) is 24.0 Å². The Kier molecular flexibility index (Phi) is 6.77. The summed E-state index contributed by atoms with van der Waals surface area (Å²) in [7, 11) is 0. The predicted octanol–water partition coefficient (Wildman–Crippen LogP) is 3.55. The van der Waals surface area contributed by atoms with E-state index >= 15 is 0 Å². The molecule has 3 saturated heterocycles. The molecule has 0 unspecified atom stereocenters. The molecule has 0 radical (unpaired) electrons. The maximum atomic E-state index is 14.1. The monoisotopic (exact) mass is 541 g/mol. The molecule has 204 valence electrons. The first-order valence-corrected chi connectivity index (χ1v) is 14.3. The Balaban J connectivity index is 1.30. The largest absolute Gasteiger partial charge is 0.376 e. The van der Waals surface area contributed by atoms with Gasteiger partial charge in [0, 0.05) is 29.9 Å². The molecule has 2 bridgehead atoms. The van der Waals surface area contributed by atoms with Gasteiger partial charge in [0.15, 0.2) is 0 Å². The van der Waals surface area contributed by atoms with E-state index in [9.17, 15) is 14.4 Å². The average Bonchev–Trinajstić information content (AvgIpc) is 3.65. The van der Waals surface area contributed by atoms with Gasteiger partial charge in [-0.3, -0.25) is 14.4 Å². The quantitative estimate of drug-likeness (QED) is 0.537. The fourth-order valence-corrected chi connectivity index (χ4v) is 7.50. The number of carbonyl (C=O) groups excluding carboxylic acids is 3. The molecule has 1 aromatic rings. The van der Waals surface area contributed by atoms with Crippen LogP contribution in [0.25, 0.3) is 0 Å². The Hall–Kier alpha value is -2.42. The molecule has 0 aromatic heterocycles. The summed E-state index contributed by atoms with van der Waals surface area (Å²) in [5.74, 6) is -1.39. The van der Waals surface area contributed by atoms with Crippen molar-refractivity contribution in [2.45, 2.75) is 75.8 Å². The Labute approximate surface area is 228 Å². The molecule has 6 rings (SSSR count). The lowest BCUT2D eigenvalue weighted by molar-refractivity contribution is -0.143. The normalized spacial score (nSPS) is 39.4. The van der Waals surface area contributed by atoms with Gasteiger partial charge in [0.1, 0.15) is 11.6 Å². The topological polar surface area (TPSA) is 97.0 Å². The van der Waals surface area contributed by atoms with Crippen molar-refractivity contribution in [1.82, 2.24) is 10.2 Å². The SMILES string of the molecule is C[C@@H]1[C@H](C)CCC[C@@H]1NC(=O)[C@@H]1N(C[C@@H]2CCCO2)C(=O)[C@H]2[C@H](C(=O)Nc3cccc(Cl)c3)[C@H]3C=C[C@@]12O3. The summed E-state index contributed by atoms with van der Waals surface area (Å²) in [4.78, 5) is 43.3. The van der Waals surface area contributed by atoms with Gasteiger partial charge < -0.3 is 25.0 Å². The number of benzene rings is 1. The summed E-state index contributed by atoms with van der Waals surface area (Å²) in [5.41, 5.74) is -0.621. The maximum Gasteiger partial charge on any atom is 0.246 e. The van der Waals surface area contributed by atoms with E-state index in [0.717, 1.165) is 32.1 Å². The lowest BCUT2D eigenvalue weighted by Gasteiger charge is -2.38. The first-order valence-electron chi connectivity index (χ1n) is 13.9. The fraction of sp³-hybridized carbons (Fsp3) is 0.621. The first kappa shape index (κ1) is 25.8. The fourth-order valence-electron chi connectivity index (χ4n) is 7.31. The van der Waals surface area contributed by atoms with Gasteiger partial charge in [0.25, 0.3) is 0 Å². The summed E-state index contributed by atoms with van der Waals surface area (Å²) < 4.78 is 12.3. The van der Waals surface area contributed by atoms with Crippen LogP contribution in [0.1, 0.15) is 46.0 Å². The van der Waals surface area contributed by atoms with Crippen molar-refractivity contribution in [3.8, 4) is 0 Å². The van der Waals surface area contributed by atoms with Crippen LogP contribution in [0.15, 0.2) is 36.4 Å². The minimum Gasteiger partial charge on any atom is -0.376 e. The number of anilines is 1. The molecule has 4 aliphatic heterocycles. The number of halogens is 1. The summed E-state index contributed by atoms with van der Waals surface area (Å²) in [6.45, 7) is 5.39. The van der Waals surface area contributed by atoms with Crippen LogP contribution in [0.3, 0.4) is 0 Å². The second-order valence-electron chi connectivity index (χ2n) is 11.7. The molecule has 1 aliphatic carbocycles. The van der Waals surface area contributed by atoms with E-state index in [1.54, 1.807) is 29.2 Å². The van der Waals surface area contributed by atoms with Crippen LogP contribution in [0, 0.1) is 23.7 Å². The predicted molar refractivity (Wildman–Crippen MR) is 142 cm³/mol. The Bertz CT molecular complexity index is 1150. The van der Waals surface area contributed by atoms with E-state index in [1.165, 1.54) is 0 Å². The standard InChI is InChI=1S/C29H36ClN3O5/c1-16-6-3-10-21(17(16)2)32-27(35)25-29-12-11-22(38-29)23(26(34)31-19-8-4-7-18(30)14-19)24(29)28(36)33(25)15-20-9-5-13-37-20/h4,7-8,11-12,14,16-17,20-25H,3,5-6,9-10,13,15H2,1-2H3,(H,31,34)(H,32,35)/t16-,17-,20+,21+,22-,23-,24-,25+,29+/m1/s1. The number of ether oxygens (including phenoxy) is 2. The van der Waals surface area contributed by atoms with Gasteiger partial charge in [-0.05, 0) is 49.3 Å². The average molecular weight is 542 g/mol. The minimum absolute atomic E-state index is 0.0471. The van der Waals surface area contributed by atoms with Crippen LogP contribution in [0.5, 0.6) is 0 Å². The smallest absolute Gasteiger partial charge is 0.246 e. The van der Waals surface area contributed by atoms with E-state index < -0.39 is 29.6 Å². The van der Waals surface area contributed by atoms with Gasteiger partial charge in [-0.1, -0.05) is 56.5 Å². The Morgan fingerprint density at radius 1 is 1.16 bits per heavy atom. The Morgan fingerprint density at radius 3 is 2.76 bits per heavy atom. The third-order valence-electron chi connectivity index (χ3n) is 9.48. The number of likely N-dealkylation sites (tertiary alicyclic amines) is 1. The molecule has 1 aromatic carbocycles. The van der Waals surface area contributed by atoms with Crippen molar-refractivity contribution < 1.29 is 23.9 Å². The summed E-state index contributed by atoms with van der Waals surface area (Å²) >= 11 is 6.11. The second kappa shape index (κ2) is 9.96. The molecule has 8 nitrogen and oxygen atoms in total. The van der Waals surface area contributed by atoms with Gasteiger partial charge >= 0.3 is 0 Å². The molecule has 4 heterocycles. The van der Waals surface area contributed by atoms with Crippen LogP contribution in [0.2, 0.25) is 5.02 Å². The van der Waals surface area contributed by atoms with E-state index in [0.29, 0.717) is 35.7 Å². The lowest BCUT2D eigenvalue weighted by Crippen LogP contribution is -2.58. The third kappa shape index (κ3) is 4.25. The third-order valence-corrected chi connectivity index (χ3v) is 9.71. The summed E-state index contributed by atoms with van der Waals surface area (Å²) in [5, 5.41) is 6.71. The Morgan fingerprint density at radius 2 is 2.00 bits per heavy atom. The molecule has 3 amide bonds. The number of nitrogens with zero attached hydrogens (tertiary/aromatic N) is 1. The van der Waals surface area contributed by atoms with Gasteiger partial charge in [-0.2, -0.15) is 0 Å². The zero-order chi connectivity index (χ0) is 26.6. The minimum atomic E-state index is -1.18. The van der Waals surface area contributed by atoms with Crippen molar-refractivity contribution in [1.29, 1.82) is 0 Å². The van der Waals surface area contributed by atoms with Crippen molar-refractivity contribution in [3.63, 3.8) is 0 Å². The molecule has 4 fully saturated rings.